The van der Waals surface area contributed by atoms with Crippen LogP contribution in [0.1, 0.15) is 25.5 Å². The van der Waals surface area contributed by atoms with Crippen LogP contribution in [0.3, 0.4) is 0 Å². The fraction of sp³-hybridized carbons (Fsp3) is 0.636. The van der Waals surface area contributed by atoms with Gasteiger partial charge in [0.1, 0.15) is 12.1 Å². The van der Waals surface area contributed by atoms with Crippen LogP contribution < -0.4 is 5.32 Å². The Hall–Kier alpha value is -1.16. The normalized spacial score (nSPS) is 24.7. The van der Waals surface area contributed by atoms with E-state index in [9.17, 15) is 0 Å². The lowest BCUT2D eigenvalue weighted by molar-refractivity contribution is 0.0328. The molecule has 1 aliphatic rings. The summed E-state index contributed by atoms with van der Waals surface area (Å²) in [7, 11) is 1.76. The summed E-state index contributed by atoms with van der Waals surface area (Å²) in [6.45, 7) is 2.09. The van der Waals surface area contributed by atoms with Crippen molar-refractivity contribution >= 4 is 5.82 Å². The van der Waals surface area contributed by atoms with Crippen LogP contribution >= 0.6 is 0 Å². The number of hydrogen-bond donors (Lipinski definition) is 1. The zero-order valence-corrected chi connectivity index (χ0v) is 9.23. The second-order valence-corrected chi connectivity index (χ2v) is 3.92. The summed E-state index contributed by atoms with van der Waals surface area (Å²) >= 11 is 0. The van der Waals surface area contributed by atoms with Gasteiger partial charge in [0.2, 0.25) is 0 Å². The van der Waals surface area contributed by atoms with E-state index in [0.717, 1.165) is 30.8 Å². The number of ether oxygens (including phenoxy) is 1. The minimum absolute atomic E-state index is 0.426. The average Bonchev–Trinajstić information content (AvgIpc) is 2.23. The van der Waals surface area contributed by atoms with E-state index in [2.05, 4.69) is 22.2 Å². The third-order valence-corrected chi connectivity index (χ3v) is 2.87. The van der Waals surface area contributed by atoms with Gasteiger partial charge in [-0.2, -0.15) is 0 Å². The molecule has 0 spiro atoms. The van der Waals surface area contributed by atoms with Crippen molar-refractivity contribution in [2.75, 3.05) is 12.4 Å². The Kier molecular flexibility index (Phi) is 3.16. The smallest absolute Gasteiger partial charge is 0.129 e. The quantitative estimate of drug-likeness (QED) is 0.815. The Morgan fingerprint density at radius 1 is 1.47 bits per heavy atom. The predicted octanol–water partition coefficient (Wildman–Crippen LogP) is 1.63. The van der Waals surface area contributed by atoms with Crippen molar-refractivity contribution in [2.24, 2.45) is 0 Å². The second-order valence-electron chi connectivity index (χ2n) is 3.92. The minimum atomic E-state index is 0.426. The molecule has 4 nitrogen and oxygen atoms in total. The summed E-state index contributed by atoms with van der Waals surface area (Å²) in [6.07, 6.45) is 5.13. The standard InChI is InChI=1S/C11H17N3O/c1-3-8-6-11(13-7-12-8)14-9-4-10(5-9)15-2/h6-7,9-10H,3-5H2,1-2H3,(H,12,13,14). The molecule has 0 amide bonds. The maximum absolute atomic E-state index is 5.23. The summed E-state index contributed by atoms with van der Waals surface area (Å²) in [5.74, 6) is 0.932. The highest BCUT2D eigenvalue weighted by Crippen LogP contribution is 2.25. The Morgan fingerprint density at radius 2 is 2.27 bits per heavy atom. The highest BCUT2D eigenvalue weighted by molar-refractivity contribution is 5.36. The van der Waals surface area contributed by atoms with E-state index in [0.29, 0.717) is 12.1 Å². The Morgan fingerprint density at radius 3 is 2.93 bits per heavy atom. The molecular formula is C11H17N3O. The summed E-state index contributed by atoms with van der Waals surface area (Å²) in [4.78, 5) is 8.36. The first-order valence-corrected chi connectivity index (χ1v) is 5.42. The van der Waals surface area contributed by atoms with Crippen molar-refractivity contribution in [1.82, 2.24) is 9.97 Å². The molecule has 1 saturated carbocycles. The van der Waals surface area contributed by atoms with E-state index >= 15 is 0 Å². The lowest BCUT2D eigenvalue weighted by Crippen LogP contribution is -2.40. The monoisotopic (exact) mass is 207 g/mol. The van der Waals surface area contributed by atoms with Crippen LogP contribution in [-0.4, -0.2) is 29.2 Å². The van der Waals surface area contributed by atoms with Gasteiger partial charge in [-0.25, -0.2) is 9.97 Å². The van der Waals surface area contributed by atoms with Crippen LogP contribution in [0.4, 0.5) is 5.82 Å². The molecule has 82 valence electrons. The first-order chi connectivity index (χ1) is 7.31. The lowest BCUT2D eigenvalue weighted by atomic mass is 9.89. The SMILES string of the molecule is CCc1cc(NC2CC(OC)C2)ncn1. The zero-order valence-electron chi connectivity index (χ0n) is 9.23. The van der Waals surface area contributed by atoms with E-state index in [1.165, 1.54) is 0 Å². The second kappa shape index (κ2) is 4.57. The van der Waals surface area contributed by atoms with E-state index in [1.807, 2.05) is 6.07 Å². The molecule has 1 heterocycles. The molecule has 1 N–H and O–H groups in total. The summed E-state index contributed by atoms with van der Waals surface area (Å²) < 4.78 is 5.23. The minimum Gasteiger partial charge on any atom is -0.381 e. The molecule has 0 radical (unpaired) electrons. The predicted molar refractivity (Wildman–Crippen MR) is 58.9 cm³/mol. The molecule has 0 atom stereocenters. The number of methoxy groups -OCH3 is 1. The van der Waals surface area contributed by atoms with Crippen LogP contribution in [-0.2, 0) is 11.2 Å². The van der Waals surface area contributed by atoms with E-state index in [1.54, 1.807) is 13.4 Å². The van der Waals surface area contributed by atoms with Crippen LogP contribution in [0.15, 0.2) is 12.4 Å². The molecule has 0 bridgehead atoms. The molecule has 1 aromatic heterocycles. The molecule has 0 unspecified atom stereocenters. The number of aromatic nitrogens is 2. The Balaban J connectivity index is 1.88. The molecular weight excluding hydrogens is 190 g/mol. The molecule has 1 aromatic rings. The van der Waals surface area contributed by atoms with Gasteiger partial charge < -0.3 is 10.1 Å². The third kappa shape index (κ3) is 2.45. The fourth-order valence-electron chi connectivity index (χ4n) is 1.75. The Bertz CT molecular complexity index is 323. The van der Waals surface area contributed by atoms with Gasteiger partial charge in [0, 0.05) is 24.9 Å². The van der Waals surface area contributed by atoms with Gasteiger partial charge in [0.05, 0.1) is 6.10 Å². The van der Waals surface area contributed by atoms with Crippen LogP contribution in [0.2, 0.25) is 0 Å². The van der Waals surface area contributed by atoms with E-state index in [4.69, 9.17) is 4.74 Å². The lowest BCUT2D eigenvalue weighted by Gasteiger charge is -2.34. The Labute approximate surface area is 90.1 Å². The number of rotatable bonds is 4. The maximum Gasteiger partial charge on any atom is 0.129 e. The highest BCUT2D eigenvalue weighted by Gasteiger charge is 2.28. The van der Waals surface area contributed by atoms with Crippen molar-refractivity contribution in [1.29, 1.82) is 0 Å². The molecule has 0 aliphatic heterocycles. The van der Waals surface area contributed by atoms with Gasteiger partial charge in [-0.15, -0.1) is 0 Å². The molecule has 1 aliphatic carbocycles. The summed E-state index contributed by atoms with van der Waals surface area (Å²) in [5.41, 5.74) is 1.08. The van der Waals surface area contributed by atoms with Crippen LogP contribution in [0, 0.1) is 0 Å². The fourth-order valence-corrected chi connectivity index (χ4v) is 1.75. The zero-order chi connectivity index (χ0) is 10.7. The number of hydrogen-bond acceptors (Lipinski definition) is 4. The first kappa shape index (κ1) is 10.4. The van der Waals surface area contributed by atoms with Gasteiger partial charge in [-0.1, -0.05) is 6.92 Å². The number of aryl methyl sites for hydroxylation is 1. The average molecular weight is 207 g/mol. The van der Waals surface area contributed by atoms with Crippen LogP contribution in [0.25, 0.3) is 0 Å². The molecule has 15 heavy (non-hydrogen) atoms. The van der Waals surface area contributed by atoms with Crippen molar-refractivity contribution in [3.05, 3.63) is 18.1 Å². The molecule has 4 heteroatoms. The maximum atomic E-state index is 5.23. The summed E-state index contributed by atoms with van der Waals surface area (Å²) in [5, 5.41) is 3.39. The molecule has 2 rings (SSSR count). The van der Waals surface area contributed by atoms with Gasteiger partial charge in [0.15, 0.2) is 0 Å². The molecule has 0 saturated heterocycles. The topological polar surface area (TPSA) is 47.0 Å². The van der Waals surface area contributed by atoms with Crippen LogP contribution in [0.5, 0.6) is 0 Å². The van der Waals surface area contributed by atoms with E-state index in [-0.39, 0.29) is 0 Å². The van der Waals surface area contributed by atoms with Gasteiger partial charge in [0.25, 0.3) is 0 Å². The number of anilines is 1. The van der Waals surface area contributed by atoms with Crippen molar-refractivity contribution in [3.63, 3.8) is 0 Å². The molecule has 0 aromatic carbocycles. The number of nitrogens with zero attached hydrogens (tertiary/aromatic N) is 2. The van der Waals surface area contributed by atoms with Gasteiger partial charge >= 0.3 is 0 Å². The van der Waals surface area contributed by atoms with Gasteiger partial charge in [-0.05, 0) is 19.3 Å². The molecule has 1 fully saturated rings. The highest BCUT2D eigenvalue weighted by atomic mass is 16.5. The van der Waals surface area contributed by atoms with E-state index < -0.39 is 0 Å². The van der Waals surface area contributed by atoms with Crippen molar-refractivity contribution in [2.45, 2.75) is 38.3 Å². The third-order valence-electron chi connectivity index (χ3n) is 2.87. The number of nitrogens with one attached hydrogen (secondary N) is 1. The first-order valence-electron chi connectivity index (χ1n) is 5.42. The van der Waals surface area contributed by atoms with Crippen molar-refractivity contribution < 1.29 is 4.74 Å². The van der Waals surface area contributed by atoms with Gasteiger partial charge in [-0.3, -0.25) is 0 Å². The van der Waals surface area contributed by atoms with Crippen molar-refractivity contribution in [3.8, 4) is 0 Å². The largest absolute Gasteiger partial charge is 0.381 e. The summed E-state index contributed by atoms with van der Waals surface area (Å²) in [6, 6.07) is 2.52.